The Hall–Kier alpha value is -2.84. The van der Waals surface area contributed by atoms with Gasteiger partial charge < -0.3 is 14.5 Å². The molecule has 0 bridgehead atoms. The van der Waals surface area contributed by atoms with Gasteiger partial charge in [-0.15, -0.1) is 10.2 Å². The summed E-state index contributed by atoms with van der Waals surface area (Å²) in [5, 5.41) is 13.4. The van der Waals surface area contributed by atoms with E-state index in [9.17, 15) is 14.4 Å². The van der Waals surface area contributed by atoms with E-state index in [-0.39, 0.29) is 24.0 Å². The zero-order valence-corrected chi connectivity index (χ0v) is 18.9. The van der Waals surface area contributed by atoms with E-state index in [1.807, 2.05) is 18.2 Å². The van der Waals surface area contributed by atoms with Gasteiger partial charge in [-0.1, -0.05) is 34.9 Å². The van der Waals surface area contributed by atoms with Gasteiger partial charge in [-0.3, -0.25) is 20.2 Å². The summed E-state index contributed by atoms with van der Waals surface area (Å²) in [6.45, 7) is 1.82. The van der Waals surface area contributed by atoms with E-state index in [0.717, 1.165) is 34.1 Å². The maximum atomic E-state index is 12.2. The highest BCUT2D eigenvalue weighted by molar-refractivity contribution is 8.01. The predicted molar refractivity (Wildman–Crippen MR) is 118 cm³/mol. The van der Waals surface area contributed by atoms with E-state index in [2.05, 4.69) is 35.5 Å². The molecule has 164 valence electrons. The third-order valence-electron chi connectivity index (χ3n) is 3.50. The highest BCUT2D eigenvalue weighted by Crippen LogP contribution is 2.26. The van der Waals surface area contributed by atoms with Gasteiger partial charge in [0.25, 0.3) is 0 Å². The van der Waals surface area contributed by atoms with Crippen LogP contribution >= 0.6 is 34.9 Å². The number of benzene rings is 1. The first-order chi connectivity index (χ1) is 15.0. The highest BCUT2D eigenvalue weighted by atomic mass is 32.2. The van der Waals surface area contributed by atoms with Crippen LogP contribution in [-0.4, -0.2) is 63.3 Å². The minimum atomic E-state index is -0.792. The largest absolute Gasteiger partial charge is 0.497 e. The SMILES string of the molecule is CCOC(=O)NC(=O)CSc1nnc(NC(=O)CSc2nc3ccc(OC)cc3[nH]2)s1. The van der Waals surface area contributed by atoms with Crippen LogP contribution in [0.2, 0.25) is 0 Å². The van der Waals surface area contributed by atoms with Crippen LogP contribution in [0.25, 0.3) is 11.0 Å². The molecule has 14 heteroatoms. The summed E-state index contributed by atoms with van der Waals surface area (Å²) in [7, 11) is 1.59. The summed E-state index contributed by atoms with van der Waals surface area (Å²) in [5.74, 6) is 0.0309. The quantitative estimate of drug-likeness (QED) is 0.307. The topological polar surface area (TPSA) is 148 Å². The van der Waals surface area contributed by atoms with Crippen molar-refractivity contribution in [3.63, 3.8) is 0 Å². The average molecular weight is 483 g/mol. The summed E-state index contributed by atoms with van der Waals surface area (Å²) in [6, 6.07) is 5.48. The van der Waals surface area contributed by atoms with Crippen LogP contribution in [0.1, 0.15) is 6.92 Å². The Morgan fingerprint density at radius 2 is 1.97 bits per heavy atom. The summed E-state index contributed by atoms with van der Waals surface area (Å²) >= 11 is 3.48. The number of alkyl carbamates (subject to hydrolysis) is 1. The van der Waals surface area contributed by atoms with Gasteiger partial charge in [-0.2, -0.15) is 0 Å². The average Bonchev–Trinajstić information content (AvgIpc) is 3.36. The maximum Gasteiger partial charge on any atom is 0.413 e. The number of imidazole rings is 1. The number of nitrogens with one attached hydrogen (secondary N) is 3. The maximum absolute atomic E-state index is 12.2. The van der Waals surface area contributed by atoms with E-state index in [0.29, 0.717) is 20.4 Å². The minimum Gasteiger partial charge on any atom is -0.497 e. The number of methoxy groups -OCH3 is 1. The van der Waals surface area contributed by atoms with Crippen LogP contribution in [0.4, 0.5) is 9.93 Å². The molecule has 0 aliphatic carbocycles. The van der Waals surface area contributed by atoms with Crippen LogP contribution in [0.15, 0.2) is 27.7 Å². The molecule has 0 fully saturated rings. The van der Waals surface area contributed by atoms with Crippen molar-refractivity contribution in [2.45, 2.75) is 16.4 Å². The Labute approximate surface area is 189 Å². The molecular weight excluding hydrogens is 464 g/mol. The van der Waals surface area contributed by atoms with Gasteiger partial charge in [0, 0.05) is 6.07 Å². The van der Waals surface area contributed by atoms with Gasteiger partial charge in [0.2, 0.25) is 16.9 Å². The number of hydrogen-bond donors (Lipinski definition) is 3. The van der Waals surface area contributed by atoms with Crippen LogP contribution in [0.5, 0.6) is 5.75 Å². The number of thioether (sulfide) groups is 2. The Bertz CT molecular complexity index is 1090. The smallest absolute Gasteiger partial charge is 0.413 e. The van der Waals surface area contributed by atoms with Crippen molar-refractivity contribution in [1.29, 1.82) is 0 Å². The highest BCUT2D eigenvalue weighted by Gasteiger charge is 2.13. The molecule has 3 aromatic rings. The van der Waals surface area contributed by atoms with Crippen LogP contribution in [0, 0.1) is 0 Å². The van der Waals surface area contributed by atoms with Crippen molar-refractivity contribution in [3.8, 4) is 5.75 Å². The first kappa shape index (κ1) is 22.8. The minimum absolute atomic E-state index is 0.0336. The number of rotatable bonds is 9. The molecule has 0 spiro atoms. The lowest BCUT2D eigenvalue weighted by Crippen LogP contribution is -2.32. The Kier molecular flexibility index (Phi) is 8.08. The molecule has 0 atom stereocenters. The number of aromatic nitrogens is 4. The van der Waals surface area contributed by atoms with E-state index in [1.165, 1.54) is 11.8 Å². The molecule has 0 unspecified atom stereocenters. The fourth-order valence-corrected chi connectivity index (χ4v) is 4.47. The zero-order valence-electron chi connectivity index (χ0n) is 16.5. The number of fused-ring (bicyclic) bond motifs is 1. The first-order valence-corrected chi connectivity index (χ1v) is 11.6. The second kappa shape index (κ2) is 11.0. The summed E-state index contributed by atoms with van der Waals surface area (Å²) in [4.78, 5) is 42.6. The van der Waals surface area contributed by atoms with Crippen LogP contribution in [0.3, 0.4) is 0 Å². The standard InChI is InChI=1S/C17H18N6O5S3/c1-3-28-16(26)21-13(25)8-30-17-23-22-15(31-17)20-12(24)7-29-14-18-10-5-4-9(27-2)6-11(10)19-14/h4-6H,3,7-8H2,1-2H3,(H,18,19)(H,20,22,24)(H,21,25,26). The van der Waals surface area contributed by atoms with Crippen molar-refractivity contribution in [1.82, 2.24) is 25.5 Å². The van der Waals surface area contributed by atoms with Gasteiger partial charge in [0.1, 0.15) is 5.75 Å². The number of aromatic amines is 1. The molecule has 0 saturated carbocycles. The van der Waals surface area contributed by atoms with Gasteiger partial charge in [-0.25, -0.2) is 9.78 Å². The number of imide groups is 1. The first-order valence-electron chi connectivity index (χ1n) is 8.86. The fourth-order valence-electron chi connectivity index (χ4n) is 2.21. The molecule has 31 heavy (non-hydrogen) atoms. The number of H-pyrrole nitrogens is 1. The van der Waals surface area contributed by atoms with E-state index in [4.69, 9.17) is 4.74 Å². The molecule has 2 heterocycles. The molecule has 11 nitrogen and oxygen atoms in total. The fraction of sp³-hybridized carbons (Fsp3) is 0.294. The van der Waals surface area contributed by atoms with E-state index >= 15 is 0 Å². The second-order valence-electron chi connectivity index (χ2n) is 5.69. The molecule has 2 aromatic heterocycles. The van der Waals surface area contributed by atoms with Crippen molar-refractivity contribution in [3.05, 3.63) is 18.2 Å². The molecular formula is C17H18N6O5S3. The predicted octanol–water partition coefficient (Wildman–Crippen LogP) is 2.52. The van der Waals surface area contributed by atoms with E-state index in [1.54, 1.807) is 14.0 Å². The molecule has 0 aliphatic heterocycles. The van der Waals surface area contributed by atoms with Crippen molar-refractivity contribution >= 4 is 68.9 Å². The van der Waals surface area contributed by atoms with Crippen molar-refractivity contribution < 1.29 is 23.9 Å². The van der Waals surface area contributed by atoms with E-state index < -0.39 is 12.0 Å². The molecule has 3 amide bonds. The second-order valence-corrected chi connectivity index (χ2v) is 8.86. The molecule has 3 rings (SSSR count). The summed E-state index contributed by atoms with van der Waals surface area (Å²) in [5.41, 5.74) is 1.60. The lowest BCUT2D eigenvalue weighted by Gasteiger charge is -2.02. The van der Waals surface area contributed by atoms with Crippen molar-refractivity contribution in [2.75, 3.05) is 30.5 Å². The molecule has 1 aromatic carbocycles. The molecule has 0 aliphatic rings. The van der Waals surface area contributed by atoms with Crippen LogP contribution in [-0.2, 0) is 14.3 Å². The van der Waals surface area contributed by atoms with Gasteiger partial charge in [-0.05, 0) is 19.1 Å². The van der Waals surface area contributed by atoms with Crippen LogP contribution < -0.4 is 15.4 Å². The summed E-state index contributed by atoms with van der Waals surface area (Å²) in [6.07, 6.45) is -0.792. The third kappa shape index (κ3) is 6.83. The van der Waals surface area contributed by atoms with Gasteiger partial charge in [0.15, 0.2) is 9.50 Å². The number of carbonyl (C=O) groups excluding carboxylic acids is 3. The number of carbonyl (C=O) groups is 3. The normalized spacial score (nSPS) is 10.6. The third-order valence-corrected chi connectivity index (χ3v) is 6.35. The summed E-state index contributed by atoms with van der Waals surface area (Å²) < 4.78 is 10.3. The number of ether oxygens (including phenoxy) is 2. The van der Waals surface area contributed by atoms with Gasteiger partial charge in [0.05, 0.1) is 36.3 Å². The number of hydrogen-bond acceptors (Lipinski definition) is 11. The lowest BCUT2D eigenvalue weighted by atomic mass is 10.3. The Morgan fingerprint density at radius 1 is 1.16 bits per heavy atom. The molecule has 0 saturated heterocycles. The Balaban J connectivity index is 1.44. The van der Waals surface area contributed by atoms with Crippen molar-refractivity contribution in [2.24, 2.45) is 0 Å². The molecule has 3 N–H and O–H groups in total. The zero-order chi connectivity index (χ0) is 22.2. The van der Waals surface area contributed by atoms with Gasteiger partial charge >= 0.3 is 6.09 Å². The Morgan fingerprint density at radius 3 is 2.74 bits per heavy atom. The lowest BCUT2D eigenvalue weighted by molar-refractivity contribution is -0.118. The number of amides is 3. The molecule has 0 radical (unpaired) electrons. The number of nitrogens with zero attached hydrogens (tertiary/aromatic N) is 3. The monoisotopic (exact) mass is 482 g/mol. The number of anilines is 1.